The van der Waals surface area contributed by atoms with E-state index in [1.54, 1.807) is 0 Å². The molecule has 0 aromatic carbocycles. The second-order valence-electron chi connectivity index (χ2n) is 12.6. The van der Waals surface area contributed by atoms with Crippen LogP contribution in [-0.2, 0) is 19.1 Å². The Bertz CT molecular complexity index is 527. The van der Waals surface area contributed by atoms with Gasteiger partial charge in [0.15, 0.2) is 0 Å². The Morgan fingerprint density at radius 3 is 1.15 bits per heavy atom. The third-order valence-corrected chi connectivity index (χ3v) is 9.05. The van der Waals surface area contributed by atoms with Crippen molar-refractivity contribution < 1.29 is 19.1 Å². The molecule has 2 rings (SSSR count). The molecule has 2 aliphatic carbocycles. The van der Waals surface area contributed by atoms with Crippen molar-refractivity contribution in [2.24, 2.45) is 17.8 Å². The molecule has 0 atom stereocenters. The van der Waals surface area contributed by atoms with E-state index >= 15 is 0 Å². The molecule has 0 amide bonds. The molecule has 4 heteroatoms. The van der Waals surface area contributed by atoms with Crippen LogP contribution in [-0.4, -0.2) is 25.2 Å². The number of carbonyl (C=O) groups is 2. The van der Waals surface area contributed by atoms with Crippen LogP contribution in [0.25, 0.3) is 0 Å². The molecule has 0 bridgehead atoms. The van der Waals surface area contributed by atoms with Gasteiger partial charge in [-0.2, -0.15) is 0 Å². The minimum atomic E-state index is 0.0689. The fraction of sp³-hybridized carbons (Fsp3) is 0.944. The Morgan fingerprint density at radius 1 is 0.500 bits per heavy atom. The van der Waals surface area contributed by atoms with Gasteiger partial charge in [0.1, 0.15) is 0 Å². The Hall–Kier alpha value is -1.06. The zero-order chi connectivity index (χ0) is 29.1. The summed E-state index contributed by atoms with van der Waals surface area (Å²) in [6.07, 6.45) is 32.2. The zero-order valence-electron chi connectivity index (χ0n) is 27.2. The van der Waals surface area contributed by atoms with E-state index in [4.69, 9.17) is 9.47 Å². The first kappa shape index (κ1) is 37.0. The SMILES string of the molecule is CC.CC(CCCCCCCCCOC(=O)C1CCCCC1)CCCCCCCCCOC(=O)C1CCCCC1. The highest BCUT2D eigenvalue weighted by Gasteiger charge is 2.23. The standard InChI is InChI=1S/C34H62O4.C2H6/c1-30(22-14-8-4-2-6-10-20-28-37-33(35)31-24-16-12-17-25-31)23-15-9-5-3-7-11-21-29-38-34(36)32-26-18-13-19-27-32;1-2/h30-32H,2-29H2,1H3;1-2H3. The molecule has 236 valence electrons. The molecule has 2 saturated carbocycles. The van der Waals surface area contributed by atoms with E-state index in [0.29, 0.717) is 13.2 Å². The lowest BCUT2D eigenvalue weighted by Crippen LogP contribution is -2.20. The van der Waals surface area contributed by atoms with Crippen molar-refractivity contribution in [3.05, 3.63) is 0 Å². The minimum Gasteiger partial charge on any atom is -0.465 e. The molecule has 0 radical (unpaired) electrons. The molecule has 40 heavy (non-hydrogen) atoms. The molecule has 2 aliphatic rings. The van der Waals surface area contributed by atoms with Crippen LogP contribution in [0, 0.1) is 17.8 Å². The maximum absolute atomic E-state index is 12.0. The zero-order valence-corrected chi connectivity index (χ0v) is 27.2. The first-order valence-corrected chi connectivity index (χ1v) is 18.0. The monoisotopic (exact) mass is 565 g/mol. The largest absolute Gasteiger partial charge is 0.465 e. The molecule has 0 N–H and O–H groups in total. The number of ether oxygens (including phenoxy) is 2. The minimum absolute atomic E-state index is 0.0689. The second kappa shape index (κ2) is 26.8. The maximum Gasteiger partial charge on any atom is 0.308 e. The van der Waals surface area contributed by atoms with E-state index < -0.39 is 0 Å². The van der Waals surface area contributed by atoms with Gasteiger partial charge in [0.05, 0.1) is 25.0 Å². The van der Waals surface area contributed by atoms with Crippen LogP contribution in [0.1, 0.15) is 188 Å². The third-order valence-electron chi connectivity index (χ3n) is 9.05. The van der Waals surface area contributed by atoms with Crippen molar-refractivity contribution in [1.29, 1.82) is 0 Å². The number of carbonyl (C=O) groups excluding carboxylic acids is 2. The molecule has 0 saturated heterocycles. The molecule has 4 nitrogen and oxygen atoms in total. The molecule has 0 spiro atoms. The van der Waals surface area contributed by atoms with Gasteiger partial charge < -0.3 is 9.47 Å². The van der Waals surface area contributed by atoms with Crippen LogP contribution in [0.15, 0.2) is 0 Å². The van der Waals surface area contributed by atoms with Crippen LogP contribution < -0.4 is 0 Å². The van der Waals surface area contributed by atoms with E-state index in [9.17, 15) is 9.59 Å². The molecule has 0 unspecified atom stereocenters. The number of esters is 2. The van der Waals surface area contributed by atoms with Gasteiger partial charge in [0.2, 0.25) is 0 Å². The lowest BCUT2D eigenvalue weighted by Gasteiger charge is -2.19. The summed E-state index contributed by atoms with van der Waals surface area (Å²) in [6, 6.07) is 0. The normalized spacial score (nSPS) is 16.4. The predicted octanol–water partition coefficient (Wildman–Crippen LogP) is 11.1. The van der Waals surface area contributed by atoms with E-state index in [1.165, 1.54) is 128 Å². The summed E-state index contributed by atoms with van der Waals surface area (Å²) in [7, 11) is 0. The van der Waals surface area contributed by atoms with Gasteiger partial charge in [-0.25, -0.2) is 0 Å². The summed E-state index contributed by atoms with van der Waals surface area (Å²) in [5.74, 6) is 1.39. The van der Waals surface area contributed by atoms with Crippen molar-refractivity contribution >= 4 is 11.9 Å². The first-order valence-electron chi connectivity index (χ1n) is 18.0. The summed E-state index contributed by atoms with van der Waals surface area (Å²) in [5.41, 5.74) is 0. The van der Waals surface area contributed by atoms with Crippen molar-refractivity contribution in [2.45, 2.75) is 188 Å². The third kappa shape index (κ3) is 19.9. The van der Waals surface area contributed by atoms with Crippen LogP contribution in [0.3, 0.4) is 0 Å². The predicted molar refractivity (Wildman–Crippen MR) is 169 cm³/mol. The fourth-order valence-corrected chi connectivity index (χ4v) is 6.36. The average molecular weight is 565 g/mol. The Kier molecular flexibility index (Phi) is 24.8. The van der Waals surface area contributed by atoms with E-state index in [0.717, 1.165) is 44.4 Å². The van der Waals surface area contributed by atoms with E-state index in [1.807, 2.05) is 13.8 Å². The molecule has 0 heterocycles. The summed E-state index contributed by atoms with van der Waals surface area (Å²) >= 11 is 0. The lowest BCUT2D eigenvalue weighted by molar-refractivity contribution is -0.150. The average Bonchev–Trinajstić information content (AvgIpc) is 3.00. The van der Waals surface area contributed by atoms with Crippen molar-refractivity contribution in [3.8, 4) is 0 Å². The molecular formula is C36H68O4. The first-order chi connectivity index (χ1) is 19.7. The van der Waals surface area contributed by atoms with Gasteiger partial charge in [0.25, 0.3) is 0 Å². The van der Waals surface area contributed by atoms with Gasteiger partial charge in [-0.05, 0) is 44.4 Å². The Balaban J connectivity index is 0.00000391. The number of unbranched alkanes of at least 4 members (excludes halogenated alkanes) is 12. The van der Waals surface area contributed by atoms with E-state index in [2.05, 4.69) is 6.92 Å². The van der Waals surface area contributed by atoms with Crippen LogP contribution in [0.2, 0.25) is 0 Å². The van der Waals surface area contributed by atoms with Gasteiger partial charge >= 0.3 is 11.9 Å². The molecule has 0 aliphatic heterocycles. The summed E-state index contributed by atoms with van der Waals surface area (Å²) in [4.78, 5) is 24.1. The van der Waals surface area contributed by atoms with Crippen LogP contribution in [0.5, 0.6) is 0 Å². The topological polar surface area (TPSA) is 52.6 Å². The summed E-state index contributed by atoms with van der Waals surface area (Å²) in [5, 5.41) is 0. The number of hydrogen-bond donors (Lipinski definition) is 0. The van der Waals surface area contributed by atoms with Crippen molar-refractivity contribution in [3.63, 3.8) is 0 Å². The highest BCUT2D eigenvalue weighted by molar-refractivity contribution is 5.72. The Morgan fingerprint density at radius 2 is 0.800 bits per heavy atom. The molecule has 0 aromatic rings. The van der Waals surface area contributed by atoms with Gasteiger partial charge in [0, 0.05) is 0 Å². The van der Waals surface area contributed by atoms with Gasteiger partial charge in [-0.15, -0.1) is 0 Å². The number of hydrogen-bond acceptors (Lipinski definition) is 4. The number of rotatable bonds is 22. The van der Waals surface area contributed by atoms with Crippen LogP contribution in [0.4, 0.5) is 0 Å². The Labute approximate surface area is 249 Å². The lowest BCUT2D eigenvalue weighted by atomic mass is 9.89. The smallest absolute Gasteiger partial charge is 0.308 e. The van der Waals surface area contributed by atoms with Gasteiger partial charge in [-0.3, -0.25) is 9.59 Å². The second-order valence-corrected chi connectivity index (χ2v) is 12.6. The van der Waals surface area contributed by atoms with Crippen molar-refractivity contribution in [1.82, 2.24) is 0 Å². The highest BCUT2D eigenvalue weighted by atomic mass is 16.5. The summed E-state index contributed by atoms with van der Waals surface area (Å²) < 4.78 is 11.0. The molecule has 2 fully saturated rings. The molecule has 0 aromatic heterocycles. The summed E-state index contributed by atoms with van der Waals surface area (Å²) in [6.45, 7) is 7.69. The van der Waals surface area contributed by atoms with E-state index in [-0.39, 0.29) is 23.8 Å². The highest BCUT2D eigenvalue weighted by Crippen LogP contribution is 2.26. The molecular weight excluding hydrogens is 496 g/mol. The quantitative estimate of drug-likeness (QED) is 0.0969. The maximum atomic E-state index is 12.0. The van der Waals surface area contributed by atoms with Crippen molar-refractivity contribution in [2.75, 3.05) is 13.2 Å². The fourth-order valence-electron chi connectivity index (χ4n) is 6.36. The van der Waals surface area contributed by atoms with Gasteiger partial charge in [-0.1, -0.05) is 149 Å². The van der Waals surface area contributed by atoms with Crippen LogP contribution >= 0.6 is 0 Å².